The molecule has 5 rings (SSSR count). The number of carbonyl (C=O) groups is 1. The van der Waals surface area contributed by atoms with Crippen molar-refractivity contribution in [3.05, 3.63) is 82.7 Å². The van der Waals surface area contributed by atoms with Gasteiger partial charge in [0.25, 0.3) is 21.6 Å². The van der Waals surface area contributed by atoms with Crippen LogP contribution < -0.4 is 14.8 Å². The smallest absolute Gasteiger partial charge is 0.293 e. The van der Waals surface area contributed by atoms with Crippen molar-refractivity contribution in [2.45, 2.75) is 23.8 Å². The van der Waals surface area contributed by atoms with Crippen LogP contribution in [0, 0.1) is 10.1 Å². The number of pyridine rings is 1. The molecule has 0 bridgehead atoms. The van der Waals surface area contributed by atoms with Crippen LogP contribution in [0.1, 0.15) is 23.2 Å². The number of benzene rings is 2. The zero-order valence-electron chi connectivity index (χ0n) is 20.7. The molecular weight excluding hydrogens is 562 g/mol. The summed E-state index contributed by atoms with van der Waals surface area (Å²) in [5.74, 6) is -0.686. The average molecular weight is 586 g/mol. The van der Waals surface area contributed by atoms with Gasteiger partial charge in [0.2, 0.25) is 0 Å². The van der Waals surface area contributed by atoms with Crippen LogP contribution in [0.15, 0.2) is 71.9 Å². The van der Waals surface area contributed by atoms with Gasteiger partial charge in [-0.05, 0) is 49.2 Å². The molecule has 0 spiro atoms. The highest BCUT2D eigenvalue weighted by Crippen LogP contribution is 2.31. The maximum absolute atomic E-state index is 13.1. The van der Waals surface area contributed by atoms with Crippen LogP contribution in [0.4, 0.5) is 11.4 Å². The second-order valence-corrected chi connectivity index (χ2v) is 13.1. The number of rotatable bonds is 8. The van der Waals surface area contributed by atoms with Crippen molar-refractivity contribution in [3.8, 4) is 11.5 Å². The van der Waals surface area contributed by atoms with Crippen LogP contribution in [0.25, 0.3) is 11.0 Å². The quantitative estimate of drug-likeness (QED) is 0.204. The fraction of sp³-hybridized carbons (Fsp3) is 0.200. The van der Waals surface area contributed by atoms with Crippen molar-refractivity contribution in [1.82, 2.24) is 14.7 Å². The monoisotopic (exact) mass is 585 g/mol. The summed E-state index contributed by atoms with van der Waals surface area (Å²) in [7, 11) is -7.65. The van der Waals surface area contributed by atoms with E-state index in [1.165, 1.54) is 30.5 Å². The lowest BCUT2D eigenvalue weighted by atomic mass is 10.1. The zero-order valence-corrected chi connectivity index (χ0v) is 22.4. The fourth-order valence-corrected chi connectivity index (χ4v) is 6.76. The number of H-pyrrole nitrogens is 1. The highest BCUT2D eigenvalue weighted by Gasteiger charge is 2.28. The molecule has 2 aromatic heterocycles. The van der Waals surface area contributed by atoms with Crippen LogP contribution in [0.2, 0.25) is 0 Å². The number of nitro benzene ring substituents is 1. The summed E-state index contributed by atoms with van der Waals surface area (Å²) >= 11 is 0. The number of nitrogens with zero attached hydrogens (tertiary/aromatic N) is 2. The minimum atomic E-state index is -4.52. The third-order valence-electron chi connectivity index (χ3n) is 6.35. The first-order valence-electron chi connectivity index (χ1n) is 12.0. The number of sulfonamides is 1. The normalized spacial score (nSPS) is 15.4. The number of para-hydroxylation sites is 1. The Kier molecular flexibility index (Phi) is 7.16. The molecule has 4 aromatic rings. The maximum atomic E-state index is 13.1. The molecule has 3 heterocycles. The average Bonchev–Trinajstić information content (AvgIpc) is 3.38. The van der Waals surface area contributed by atoms with Crippen LogP contribution in [0.5, 0.6) is 11.5 Å². The lowest BCUT2D eigenvalue weighted by Crippen LogP contribution is -2.32. The van der Waals surface area contributed by atoms with Crippen molar-refractivity contribution in [2.24, 2.45) is 0 Å². The number of hydrogen-bond donors (Lipinski definition) is 3. The van der Waals surface area contributed by atoms with E-state index in [1.54, 1.807) is 24.4 Å². The Labute approximate surface area is 228 Å². The number of aromatic nitrogens is 2. The van der Waals surface area contributed by atoms with Gasteiger partial charge in [0, 0.05) is 23.7 Å². The van der Waals surface area contributed by atoms with Gasteiger partial charge in [0.1, 0.15) is 32.7 Å². The lowest BCUT2D eigenvalue weighted by molar-refractivity contribution is -0.384. The summed E-state index contributed by atoms with van der Waals surface area (Å²) in [4.78, 5) is 30.7. The van der Waals surface area contributed by atoms with Crippen molar-refractivity contribution in [3.63, 3.8) is 0 Å². The Balaban J connectivity index is 1.35. The first-order chi connectivity index (χ1) is 19.0. The van der Waals surface area contributed by atoms with E-state index in [1.807, 2.05) is 4.72 Å². The van der Waals surface area contributed by atoms with Gasteiger partial charge in [-0.2, -0.15) is 0 Å². The van der Waals surface area contributed by atoms with E-state index in [2.05, 4.69) is 15.3 Å². The molecule has 1 saturated heterocycles. The summed E-state index contributed by atoms with van der Waals surface area (Å²) in [6.07, 6.45) is 3.70. The molecule has 15 heteroatoms. The SMILES string of the molecule is O=C(NS(=O)(=O)c1ccc(NC2CCS(=O)(=O)CC2)c([N+](=O)[O-])c1)c1ccccc1Oc1cnc2[nH]ccc2c1. The molecule has 1 fully saturated rings. The lowest BCUT2D eigenvalue weighted by Gasteiger charge is -2.24. The third kappa shape index (κ3) is 5.89. The molecule has 0 aliphatic carbocycles. The van der Waals surface area contributed by atoms with E-state index < -0.39 is 41.3 Å². The summed E-state index contributed by atoms with van der Waals surface area (Å²) in [6.45, 7) is 0. The Hall–Kier alpha value is -4.50. The highest BCUT2D eigenvalue weighted by atomic mass is 32.2. The predicted molar refractivity (Wildman–Crippen MR) is 146 cm³/mol. The number of nitro groups is 1. The molecule has 2 aromatic carbocycles. The molecule has 0 atom stereocenters. The number of nitrogens with one attached hydrogen (secondary N) is 3. The molecule has 0 saturated carbocycles. The van der Waals surface area contributed by atoms with E-state index in [9.17, 15) is 31.7 Å². The van der Waals surface area contributed by atoms with E-state index in [0.29, 0.717) is 11.4 Å². The molecule has 208 valence electrons. The van der Waals surface area contributed by atoms with Crippen molar-refractivity contribution in [2.75, 3.05) is 16.8 Å². The molecule has 0 unspecified atom stereocenters. The van der Waals surface area contributed by atoms with Crippen LogP contribution in [0.3, 0.4) is 0 Å². The van der Waals surface area contributed by atoms with Crippen molar-refractivity contribution < 1.29 is 31.3 Å². The number of ether oxygens (including phenoxy) is 1. The minimum Gasteiger partial charge on any atom is -0.455 e. The van der Waals surface area contributed by atoms with E-state index in [-0.39, 0.29) is 47.4 Å². The van der Waals surface area contributed by atoms with Crippen molar-refractivity contribution in [1.29, 1.82) is 0 Å². The summed E-state index contributed by atoms with van der Waals surface area (Å²) in [5, 5.41) is 15.5. The Morgan fingerprint density at radius 2 is 1.85 bits per heavy atom. The topological polar surface area (TPSA) is 190 Å². The minimum absolute atomic E-state index is 0.0423. The van der Waals surface area contributed by atoms with Gasteiger partial charge in [-0.15, -0.1) is 0 Å². The molecule has 13 nitrogen and oxygen atoms in total. The first kappa shape index (κ1) is 27.1. The summed E-state index contributed by atoms with van der Waals surface area (Å²) in [5.41, 5.74) is 0.0817. The third-order valence-corrected chi connectivity index (χ3v) is 9.40. The Morgan fingerprint density at radius 3 is 2.60 bits per heavy atom. The fourth-order valence-electron chi connectivity index (χ4n) is 4.29. The number of hydrogen-bond acceptors (Lipinski definition) is 10. The van der Waals surface area contributed by atoms with Crippen LogP contribution >= 0.6 is 0 Å². The van der Waals surface area contributed by atoms with Gasteiger partial charge in [-0.25, -0.2) is 26.5 Å². The Bertz CT molecular complexity index is 1820. The van der Waals surface area contributed by atoms with Gasteiger partial charge >= 0.3 is 0 Å². The number of sulfone groups is 1. The first-order valence-corrected chi connectivity index (χ1v) is 15.3. The molecule has 1 amide bonds. The Morgan fingerprint density at radius 1 is 1.10 bits per heavy atom. The second-order valence-electron chi connectivity index (χ2n) is 9.13. The van der Waals surface area contributed by atoms with Gasteiger partial charge in [0.05, 0.1) is 33.1 Å². The zero-order chi connectivity index (χ0) is 28.5. The molecule has 0 radical (unpaired) electrons. The largest absolute Gasteiger partial charge is 0.455 e. The van der Waals surface area contributed by atoms with Gasteiger partial charge in [-0.1, -0.05) is 12.1 Å². The standard InChI is InChI=1S/C25H23N5O8S2/c31-25(20-3-1-2-4-23(20)38-18-13-16-7-10-26-24(16)27-15-18)29-40(36,37)19-5-6-21(22(14-19)30(32)33)28-17-8-11-39(34,35)12-9-17/h1-7,10,13-15,17,28H,8-9,11-12H2,(H,26,27)(H,29,31). The summed E-state index contributed by atoms with van der Waals surface area (Å²) < 4.78 is 57.2. The van der Waals surface area contributed by atoms with Crippen molar-refractivity contribution >= 4 is 48.2 Å². The molecular formula is C25H23N5O8S2. The van der Waals surface area contributed by atoms with E-state index >= 15 is 0 Å². The van der Waals surface area contributed by atoms with E-state index in [4.69, 9.17) is 4.74 Å². The van der Waals surface area contributed by atoms with Crippen LogP contribution in [-0.2, 0) is 19.9 Å². The highest BCUT2D eigenvalue weighted by molar-refractivity contribution is 7.91. The van der Waals surface area contributed by atoms with Gasteiger partial charge in [-0.3, -0.25) is 14.9 Å². The summed E-state index contributed by atoms with van der Waals surface area (Å²) in [6, 6.07) is 12.4. The number of fused-ring (bicyclic) bond motifs is 1. The molecule has 1 aliphatic heterocycles. The molecule has 1 aliphatic rings. The maximum Gasteiger partial charge on any atom is 0.293 e. The van der Waals surface area contributed by atoms with E-state index in [0.717, 1.165) is 17.5 Å². The second kappa shape index (κ2) is 10.6. The van der Waals surface area contributed by atoms with Gasteiger partial charge < -0.3 is 15.0 Å². The predicted octanol–water partition coefficient (Wildman–Crippen LogP) is 3.37. The number of anilines is 1. The number of aromatic amines is 1. The molecule has 3 N–H and O–H groups in total. The van der Waals surface area contributed by atoms with Crippen LogP contribution in [-0.4, -0.2) is 55.2 Å². The number of carbonyl (C=O) groups excluding carboxylic acids is 1. The molecule has 40 heavy (non-hydrogen) atoms. The number of amides is 1. The van der Waals surface area contributed by atoms with Gasteiger partial charge in [0.15, 0.2) is 0 Å².